The normalized spacial score (nSPS) is 14.4. The van der Waals surface area contributed by atoms with E-state index in [1.807, 2.05) is 6.20 Å². The lowest BCUT2D eigenvalue weighted by Crippen LogP contribution is -2.18. The van der Waals surface area contributed by atoms with Crippen molar-refractivity contribution in [3.05, 3.63) is 53.7 Å². The zero-order chi connectivity index (χ0) is 14.5. The number of benzene rings is 1. The van der Waals surface area contributed by atoms with Gasteiger partial charge in [0.2, 0.25) is 0 Å². The summed E-state index contributed by atoms with van der Waals surface area (Å²) >= 11 is 0. The summed E-state index contributed by atoms with van der Waals surface area (Å²) in [5.41, 5.74) is 3.77. The number of hydrogen-bond acceptors (Lipinski definition) is 3. The fourth-order valence-corrected chi connectivity index (χ4v) is 2.72. The molecular weight excluding hydrogens is 258 g/mol. The third kappa shape index (κ3) is 3.54. The molecule has 0 amide bonds. The van der Waals surface area contributed by atoms with Crippen LogP contribution in [0.15, 0.2) is 42.6 Å². The third-order valence-electron chi connectivity index (χ3n) is 4.11. The van der Waals surface area contributed by atoms with Crippen LogP contribution in [0.25, 0.3) is 0 Å². The molecule has 0 bridgehead atoms. The van der Waals surface area contributed by atoms with Crippen molar-refractivity contribution < 1.29 is 0 Å². The van der Waals surface area contributed by atoms with E-state index in [0.717, 1.165) is 37.6 Å². The molecule has 0 aliphatic carbocycles. The van der Waals surface area contributed by atoms with Crippen molar-refractivity contribution in [2.75, 3.05) is 23.3 Å². The minimum atomic E-state index is 0.842. The molecule has 1 aromatic carbocycles. The Morgan fingerprint density at radius 1 is 1.00 bits per heavy atom. The second-order valence-corrected chi connectivity index (χ2v) is 5.62. The maximum absolute atomic E-state index is 4.56. The summed E-state index contributed by atoms with van der Waals surface area (Å²) in [6.45, 7) is 5.31. The van der Waals surface area contributed by atoms with Crippen LogP contribution in [0.2, 0.25) is 0 Å². The lowest BCUT2D eigenvalue weighted by atomic mass is 10.1. The molecule has 1 saturated heterocycles. The second-order valence-electron chi connectivity index (χ2n) is 5.62. The number of anilines is 2. The van der Waals surface area contributed by atoms with Crippen molar-refractivity contribution >= 4 is 11.5 Å². The van der Waals surface area contributed by atoms with Crippen molar-refractivity contribution in [2.45, 2.75) is 32.7 Å². The van der Waals surface area contributed by atoms with Gasteiger partial charge in [0, 0.05) is 19.6 Å². The summed E-state index contributed by atoms with van der Waals surface area (Å²) in [7, 11) is 0. The molecule has 1 aliphatic rings. The summed E-state index contributed by atoms with van der Waals surface area (Å²) in [4.78, 5) is 6.92. The highest BCUT2D eigenvalue weighted by Crippen LogP contribution is 2.19. The Labute approximate surface area is 127 Å². The standard InChI is InChI=1S/C18H23N3/c1-2-15-5-7-16(8-6-15)13-19-17-9-10-18(20-14-17)21-11-3-4-12-21/h5-10,14,19H,2-4,11-13H2,1H3. The molecule has 2 heterocycles. The molecule has 1 aliphatic heterocycles. The molecule has 3 rings (SSSR count). The molecule has 0 spiro atoms. The molecule has 0 saturated carbocycles. The first-order chi connectivity index (χ1) is 10.3. The molecule has 0 radical (unpaired) electrons. The predicted molar refractivity (Wildman–Crippen MR) is 88.8 cm³/mol. The van der Waals surface area contributed by atoms with Gasteiger partial charge in [-0.05, 0) is 42.5 Å². The number of pyridine rings is 1. The Balaban J connectivity index is 1.57. The predicted octanol–water partition coefficient (Wildman–Crippen LogP) is 3.86. The first-order valence-electron chi connectivity index (χ1n) is 7.88. The van der Waals surface area contributed by atoms with Gasteiger partial charge in [-0.25, -0.2) is 4.98 Å². The van der Waals surface area contributed by atoms with Gasteiger partial charge in [-0.2, -0.15) is 0 Å². The highest BCUT2D eigenvalue weighted by Gasteiger charge is 2.12. The van der Waals surface area contributed by atoms with Crippen molar-refractivity contribution in [3.63, 3.8) is 0 Å². The van der Waals surface area contributed by atoms with Gasteiger partial charge in [0.05, 0.1) is 11.9 Å². The Hall–Kier alpha value is -2.03. The Bertz CT molecular complexity index is 554. The van der Waals surface area contributed by atoms with Crippen LogP contribution in [-0.4, -0.2) is 18.1 Å². The van der Waals surface area contributed by atoms with Gasteiger partial charge in [-0.3, -0.25) is 0 Å². The van der Waals surface area contributed by atoms with Crippen LogP contribution in [0.1, 0.15) is 30.9 Å². The van der Waals surface area contributed by atoms with Crippen LogP contribution in [0.5, 0.6) is 0 Å². The number of nitrogens with one attached hydrogen (secondary N) is 1. The average molecular weight is 281 g/mol. The fourth-order valence-electron chi connectivity index (χ4n) is 2.72. The van der Waals surface area contributed by atoms with Crippen LogP contribution in [0.3, 0.4) is 0 Å². The largest absolute Gasteiger partial charge is 0.380 e. The summed E-state index contributed by atoms with van der Waals surface area (Å²) < 4.78 is 0. The van der Waals surface area contributed by atoms with Crippen molar-refractivity contribution in [3.8, 4) is 0 Å². The number of aryl methyl sites for hydroxylation is 1. The Morgan fingerprint density at radius 3 is 2.33 bits per heavy atom. The Morgan fingerprint density at radius 2 is 1.71 bits per heavy atom. The van der Waals surface area contributed by atoms with E-state index in [0.29, 0.717) is 0 Å². The highest BCUT2D eigenvalue weighted by molar-refractivity contribution is 5.49. The van der Waals surface area contributed by atoms with E-state index in [4.69, 9.17) is 0 Å². The van der Waals surface area contributed by atoms with Crippen LogP contribution in [-0.2, 0) is 13.0 Å². The number of hydrogen-bond donors (Lipinski definition) is 1. The molecule has 21 heavy (non-hydrogen) atoms. The van der Waals surface area contributed by atoms with E-state index in [2.05, 4.69) is 58.5 Å². The monoisotopic (exact) mass is 281 g/mol. The lowest BCUT2D eigenvalue weighted by Gasteiger charge is -2.16. The van der Waals surface area contributed by atoms with Gasteiger partial charge >= 0.3 is 0 Å². The minimum Gasteiger partial charge on any atom is -0.380 e. The summed E-state index contributed by atoms with van der Waals surface area (Å²) in [5, 5.41) is 3.44. The quantitative estimate of drug-likeness (QED) is 0.902. The van der Waals surface area contributed by atoms with E-state index >= 15 is 0 Å². The van der Waals surface area contributed by atoms with Crippen LogP contribution in [0, 0.1) is 0 Å². The number of aromatic nitrogens is 1. The third-order valence-corrected chi connectivity index (χ3v) is 4.11. The molecule has 3 heteroatoms. The van der Waals surface area contributed by atoms with Gasteiger partial charge in [-0.1, -0.05) is 31.2 Å². The van der Waals surface area contributed by atoms with Gasteiger partial charge in [-0.15, -0.1) is 0 Å². The van der Waals surface area contributed by atoms with E-state index in [1.54, 1.807) is 0 Å². The first kappa shape index (κ1) is 13.9. The molecular formula is C18H23N3. The zero-order valence-electron chi connectivity index (χ0n) is 12.7. The molecule has 1 fully saturated rings. The number of nitrogens with zero attached hydrogens (tertiary/aromatic N) is 2. The smallest absolute Gasteiger partial charge is 0.128 e. The molecule has 110 valence electrons. The van der Waals surface area contributed by atoms with Gasteiger partial charge < -0.3 is 10.2 Å². The molecule has 1 aromatic heterocycles. The second kappa shape index (κ2) is 6.61. The van der Waals surface area contributed by atoms with Crippen molar-refractivity contribution in [2.24, 2.45) is 0 Å². The van der Waals surface area contributed by atoms with E-state index < -0.39 is 0 Å². The molecule has 2 aromatic rings. The van der Waals surface area contributed by atoms with Crippen molar-refractivity contribution in [1.82, 2.24) is 4.98 Å². The van der Waals surface area contributed by atoms with E-state index in [1.165, 1.54) is 24.0 Å². The zero-order valence-corrected chi connectivity index (χ0v) is 12.7. The maximum Gasteiger partial charge on any atom is 0.128 e. The molecule has 0 atom stereocenters. The van der Waals surface area contributed by atoms with Gasteiger partial charge in [0.1, 0.15) is 5.82 Å². The van der Waals surface area contributed by atoms with E-state index in [-0.39, 0.29) is 0 Å². The maximum atomic E-state index is 4.56. The molecule has 1 N–H and O–H groups in total. The van der Waals surface area contributed by atoms with E-state index in [9.17, 15) is 0 Å². The van der Waals surface area contributed by atoms with Gasteiger partial charge in [0.25, 0.3) is 0 Å². The SMILES string of the molecule is CCc1ccc(CNc2ccc(N3CCCC3)nc2)cc1. The van der Waals surface area contributed by atoms with Crippen molar-refractivity contribution in [1.29, 1.82) is 0 Å². The van der Waals surface area contributed by atoms with Gasteiger partial charge in [0.15, 0.2) is 0 Å². The summed E-state index contributed by atoms with van der Waals surface area (Å²) in [6.07, 6.45) is 5.61. The molecule has 0 unspecified atom stereocenters. The minimum absolute atomic E-state index is 0.842. The topological polar surface area (TPSA) is 28.2 Å². The Kier molecular flexibility index (Phi) is 4.39. The summed E-state index contributed by atoms with van der Waals surface area (Å²) in [6, 6.07) is 13.0. The van der Waals surface area contributed by atoms with Crippen LogP contribution >= 0.6 is 0 Å². The number of rotatable bonds is 5. The van der Waals surface area contributed by atoms with Crippen LogP contribution in [0.4, 0.5) is 11.5 Å². The lowest BCUT2D eigenvalue weighted by molar-refractivity contribution is 0.937. The summed E-state index contributed by atoms with van der Waals surface area (Å²) in [5.74, 6) is 1.10. The highest BCUT2D eigenvalue weighted by atomic mass is 15.2. The fraction of sp³-hybridized carbons (Fsp3) is 0.389. The first-order valence-corrected chi connectivity index (χ1v) is 7.88. The van der Waals surface area contributed by atoms with Crippen LogP contribution < -0.4 is 10.2 Å². The molecule has 3 nitrogen and oxygen atoms in total. The average Bonchev–Trinajstić information content (AvgIpc) is 3.08.